The summed E-state index contributed by atoms with van der Waals surface area (Å²) in [5.74, 6) is 0. The molecule has 0 aromatic heterocycles. The summed E-state index contributed by atoms with van der Waals surface area (Å²) >= 11 is 0. The SMILES string of the molecule is Cc1ccc(S(=O)(=O)N2CCN(C(=O)NCCCOC(C)C)CC2)cc1C. The molecule has 1 heterocycles. The van der Waals surface area contributed by atoms with Crippen molar-refractivity contribution >= 4 is 16.1 Å². The average Bonchev–Trinajstić information content (AvgIpc) is 2.63. The number of amides is 2. The van der Waals surface area contributed by atoms with Crippen LogP contribution in [0.2, 0.25) is 0 Å². The van der Waals surface area contributed by atoms with E-state index in [9.17, 15) is 13.2 Å². The summed E-state index contributed by atoms with van der Waals surface area (Å²) in [4.78, 5) is 14.2. The van der Waals surface area contributed by atoms with Gasteiger partial charge in [-0.2, -0.15) is 4.31 Å². The summed E-state index contributed by atoms with van der Waals surface area (Å²) in [7, 11) is -3.52. The molecular formula is C19H31N3O4S. The smallest absolute Gasteiger partial charge is 0.317 e. The number of urea groups is 1. The Kier molecular flexibility index (Phi) is 7.64. The predicted octanol–water partition coefficient (Wildman–Crippen LogP) is 2.13. The number of rotatable bonds is 7. The molecule has 1 N–H and O–H groups in total. The standard InChI is InChI=1S/C19H31N3O4S/c1-15(2)26-13-5-8-20-19(23)21-9-11-22(12-10-21)27(24,25)18-7-6-16(3)17(4)14-18/h6-7,14-15H,5,8-13H2,1-4H3,(H,20,23). The molecule has 0 atom stereocenters. The van der Waals surface area contributed by atoms with Gasteiger partial charge in [-0.3, -0.25) is 0 Å². The Morgan fingerprint density at radius 2 is 1.81 bits per heavy atom. The molecule has 27 heavy (non-hydrogen) atoms. The number of benzene rings is 1. The van der Waals surface area contributed by atoms with E-state index in [1.54, 1.807) is 17.0 Å². The molecule has 0 radical (unpaired) electrons. The minimum atomic E-state index is -3.52. The van der Waals surface area contributed by atoms with E-state index >= 15 is 0 Å². The van der Waals surface area contributed by atoms with Crippen molar-refractivity contribution in [2.45, 2.75) is 45.1 Å². The highest BCUT2D eigenvalue weighted by atomic mass is 32.2. The summed E-state index contributed by atoms with van der Waals surface area (Å²) in [6, 6.07) is 5.04. The largest absolute Gasteiger partial charge is 0.379 e. The maximum atomic E-state index is 12.8. The lowest BCUT2D eigenvalue weighted by atomic mass is 10.1. The van der Waals surface area contributed by atoms with Crippen molar-refractivity contribution in [2.75, 3.05) is 39.3 Å². The highest BCUT2D eigenvalue weighted by Gasteiger charge is 2.30. The third kappa shape index (κ3) is 5.92. The maximum absolute atomic E-state index is 12.8. The lowest BCUT2D eigenvalue weighted by Gasteiger charge is -2.34. The van der Waals surface area contributed by atoms with Crippen molar-refractivity contribution in [3.05, 3.63) is 29.3 Å². The van der Waals surface area contributed by atoms with E-state index < -0.39 is 10.0 Å². The van der Waals surface area contributed by atoms with E-state index in [4.69, 9.17) is 4.74 Å². The van der Waals surface area contributed by atoms with Crippen molar-refractivity contribution in [1.82, 2.24) is 14.5 Å². The lowest BCUT2D eigenvalue weighted by molar-refractivity contribution is 0.0770. The fourth-order valence-corrected chi connectivity index (χ4v) is 4.36. The number of ether oxygens (including phenoxy) is 1. The Balaban J connectivity index is 1.83. The second kappa shape index (κ2) is 9.52. The summed E-state index contributed by atoms with van der Waals surface area (Å²) < 4.78 is 32.5. The van der Waals surface area contributed by atoms with Gasteiger partial charge in [-0.1, -0.05) is 6.07 Å². The molecule has 1 saturated heterocycles. The normalized spacial score (nSPS) is 16.0. The highest BCUT2D eigenvalue weighted by molar-refractivity contribution is 7.89. The van der Waals surface area contributed by atoms with Crippen molar-refractivity contribution in [1.29, 1.82) is 0 Å². The van der Waals surface area contributed by atoms with Crippen molar-refractivity contribution in [3.8, 4) is 0 Å². The number of aryl methyl sites for hydroxylation is 2. The van der Waals surface area contributed by atoms with Gasteiger partial charge in [0.1, 0.15) is 0 Å². The second-order valence-corrected chi connectivity index (χ2v) is 9.08. The third-order valence-electron chi connectivity index (χ3n) is 4.69. The number of carbonyl (C=O) groups is 1. The van der Waals surface area contributed by atoms with E-state index in [1.165, 1.54) is 4.31 Å². The number of piperazine rings is 1. The zero-order valence-electron chi connectivity index (χ0n) is 16.7. The van der Waals surface area contributed by atoms with Crippen LogP contribution in [-0.2, 0) is 14.8 Å². The molecule has 0 aliphatic carbocycles. The van der Waals surface area contributed by atoms with Crippen LogP contribution in [0.5, 0.6) is 0 Å². The molecule has 1 aromatic rings. The summed E-state index contributed by atoms with van der Waals surface area (Å²) in [6.45, 7) is 10.4. The van der Waals surface area contributed by atoms with Gasteiger partial charge in [-0.15, -0.1) is 0 Å². The van der Waals surface area contributed by atoms with Crippen molar-refractivity contribution in [3.63, 3.8) is 0 Å². The molecule has 0 saturated carbocycles. The Labute approximate surface area is 162 Å². The molecule has 0 spiro atoms. The topological polar surface area (TPSA) is 79.0 Å². The molecule has 152 valence electrons. The van der Waals surface area contributed by atoms with Crippen LogP contribution in [0.4, 0.5) is 4.79 Å². The number of carbonyl (C=O) groups excluding carboxylic acids is 1. The molecule has 1 aliphatic heterocycles. The Morgan fingerprint density at radius 3 is 2.41 bits per heavy atom. The number of hydrogen-bond acceptors (Lipinski definition) is 4. The Bertz CT molecular complexity index is 741. The van der Waals surface area contributed by atoms with Gasteiger partial charge in [-0.25, -0.2) is 13.2 Å². The van der Waals surface area contributed by atoms with Gasteiger partial charge >= 0.3 is 6.03 Å². The lowest BCUT2D eigenvalue weighted by Crippen LogP contribution is -2.53. The molecule has 0 unspecified atom stereocenters. The quantitative estimate of drug-likeness (QED) is 0.715. The van der Waals surface area contributed by atoms with Gasteiger partial charge < -0.3 is 15.0 Å². The predicted molar refractivity (Wildman–Crippen MR) is 105 cm³/mol. The van der Waals surface area contributed by atoms with Crippen LogP contribution in [0.15, 0.2) is 23.1 Å². The molecule has 2 rings (SSSR count). The van der Waals surface area contributed by atoms with Crippen LogP contribution >= 0.6 is 0 Å². The molecule has 8 heteroatoms. The minimum Gasteiger partial charge on any atom is -0.379 e. The fraction of sp³-hybridized carbons (Fsp3) is 0.632. The zero-order chi connectivity index (χ0) is 20.0. The number of hydrogen-bond donors (Lipinski definition) is 1. The average molecular weight is 398 g/mol. The Morgan fingerprint density at radius 1 is 1.15 bits per heavy atom. The van der Waals surface area contributed by atoms with Crippen LogP contribution in [0, 0.1) is 13.8 Å². The first kappa shape index (κ1) is 21.7. The molecule has 1 aliphatic rings. The van der Waals surface area contributed by atoms with E-state index in [2.05, 4.69) is 5.32 Å². The van der Waals surface area contributed by atoms with Gasteiger partial charge in [-0.05, 0) is 57.4 Å². The van der Waals surface area contributed by atoms with E-state index in [0.717, 1.165) is 17.5 Å². The number of nitrogens with zero attached hydrogens (tertiary/aromatic N) is 2. The first-order valence-corrected chi connectivity index (χ1v) is 10.9. The molecule has 1 aromatic carbocycles. The molecule has 2 amide bonds. The molecule has 7 nitrogen and oxygen atoms in total. The van der Waals surface area contributed by atoms with Gasteiger partial charge in [0.15, 0.2) is 0 Å². The maximum Gasteiger partial charge on any atom is 0.317 e. The van der Waals surface area contributed by atoms with Crippen LogP contribution < -0.4 is 5.32 Å². The summed E-state index contributed by atoms with van der Waals surface area (Å²) in [5.41, 5.74) is 2.02. The van der Waals surface area contributed by atoms with E-state index in [-0.39, 0.29) is 12.1 Å². The first-order chi connectivity index (χ1) is 12.7. The monoisotopic (exact) mass is 397 g/mol. The van der Waals surface area contributed by atoms with Crippen LogP contribution in [0.25, 0.3) is 0 Å². The number of nitrogens with one attached hydrogen (secondary N) is 1. The molecular weight excluding hydrogens is 366 g/mol. The minimum absolute atomic E-state index is 0.150. The van der Waals surface area contributed by atoms with Gasteiger partial charge in [0.05, 0.1) is 11.0 Å². The summed E-state index contributed by atoms with van der Waals surface area (Å²) in [6.07, 6.45) is 0.943. The second-order valence-electron chi connectivity index (χ2n) is 7.14. The van der Waals surface area contributed by atoms with Crippen molar-refractivity contribution < 1.29 is 17.9 Å². The fourth-order valence-electron chi connectivity index (χ4n) is 2.85. The van der Waals surface area contributed by atoms with Crippen LogP contribution in [-0.4, -0.2) is 69.1 Å². The number of sulfonamides is 1. The highest BCUT2D eigenvalue weighted by Crippen LogP contribution is 2.20. The first-order valence-electron chi connectivity index (χ1n) is 9.43. The molecule has 1 fully saturated rings. The van der Waals surface area contributed by atoms with Crippen LogP contribution in [0.1, 0.15) is 31.4 Å². The summed E-state index contributed by atoms with van der Waals surface area (Å²) in [5, 5.41) is 2.86. The molecule has 0 bridgehead atoms. The van der Waals surface area contributed by atoms with Crippen molar-refractivity contribution in [2.24, 2.45) is 0 Å². The third-order valence-corrected chi connectivity index (χ3v) is 6.59. The van der Waals surface area contributed by atoms with Gasteiger partial charge in [0.2, 0.25) is 10.0 Å². The van der Waals surface area contributed by atoms with E-state index in [0.29, 0.717) is 44.2 Å². The van der Waals surface area contributed by atoms with Gasteiger partial charge in [0, 0.05) is 39.3 Å². The van der Waals surface area contributed by atoms with E-state index in [1.807, 2.05) is 33.8 Å². The Hall–Kier alpha value is -1.64. The van der Waals surface area contributed by atoms with Crippen LogP contribution in [0.3, 0.4) is 0 Å². The zero-order valence-corrected chi connectivity index (χ0v) is 17.5. The van der Waals surface area contributed by atoms with Gasteiger partial charge in [0.25, 0.3) is 0 Å².